The lowest BCUT2D eigenvalue weighted by Crippen LogP contribution is -2.81. The van der Waals surface area contributed by atoms with E-state index in [0.717, 1.165) is 32.6 Å². The number of aliphatic hydroxyl groups excluding tert-OH is 2. The predicted molar refractivity (Wildman–Crippen MR) is 371 cm³/mol. The molecule has 2 bridgehead atoms. The maximum Gasteiger partial charge on any atom is 0.472 e. The molecule has 1 aliphatic heterocycles. The summed E-state index contributed by atoms with van der Waals surface area (Å²) in [5.41, 5.74) is -8.95. The second kappa shape index (κ2) is 38.6. The van der Waals surface area contributed by atoms with Crippen molar-refractivity contribution in [3.05, 3.63) is 82.9 Å². The minimum atomic E-state index is -4.57. The van der Waals surface area contributed by atoms with E-state index in [9.17, 15) is 53.5 Å². The zero-order valence-corrected chi connectivity index (χ0v) is 62.1. The van der Waals surface area contributed by atoms with Crippen LogP contribution < -0.4 is 5.32 Å². The first kappa shape index (κ1) is 83.8. The predicted octanol–water partition coefficient (Wildman–Crippen LogP) is 11.2. The van der Waals surface area contributed by atoms with Crippen LogP contribution in [0.15, 0.2) is 71.8 Å². The lowest BCUT2D eigenvalue weighted by atomic mass is 9.44. The van der Waals surface area contributed by atoms with Crippen molar-refractivity contribution in [3.63, 3.8) is 0 Å². The van der Waals surface area contributed by atoms with Gasteiger partial charge in [-0.2, -0.15) is 0 Å². The summed E-state index contributed by atoms with van der Waals surface area (Å²) in [5.74, 6) is -7.70. The number of fused-ring (bicyclic) bond motifs is 5. The standard InChI is InChI=1S/C75H113N2O23P/c1-12-13-14-15-16-17-18-19-20-21-22-24-33-40-58(80)91-47-54(48-94-101(89,90)93-44-43-77(10)11)95-59(81)41-34-25-23-26-35-42-60(82)97-64(62(52-36-29-27-30-37-52)76-70(87)100-71(4,5)6)69(86)96-55-46-75(88)67(98-68(85)53-38-31-28-32-39-53)65-73(9,66(84)63(83)61(50(55)2)72(75,7)8)56(79)45-57-74(65,49-92-57)99-51(3)78/h27-32,36-39,54-57,62-65,67,79,83,88H,12-26,33-35,40-49H2,1-11H3,(H,76,87)(H,89,90)/t54-,55?,56-,57+,62-,63+,64+,65-,67-,73+,74-,75+/m0/s1. The van der Waals surface area contributed by atoms with Crippen LogP contribution in [0.25, 0.3) is 0 Å². The monoisotopic (exact) mass is 1440 g/mol. The number of aliphatic hydroxyl groups is 3. The number of Topliss-reactive ketones (excluding diaryl/α,β-unsaturated/α-hetero) is 1. The number of carbonyl (C=O) groups is 8. The van der Waals surface area contributed by atoms with E-state index in [1.54, 1.807) is 88.3 Å². The SMILES string of the molecule is CCCCCCCCCCCCCCCC(=O)OC[C@@H](COP(=O)(O)OCCN(C)C)OC(=O)CCCCCCCC(=O)O[C@@H](C(=O)OC1C[C@@]2(O)[C@@H](OC(=O)c3ccccc3)[C@@H]3[C@]4(OC(C)=O)CO[C@@H]4C[C@H](O)[C@@]3(C)C(=O)[C@H](O)C(=C1C)C2(C)C)[C@@H](NC(=O)OC(C)(C)C)c1ccccc1. The summed E-state index contributed by atoms with van der Waals surface area (Å²) in [6.07, 6.45) is 3.33. The van der Waals surface area contributed by atoms with Gasteiger partial charge in [0.15, 0.2) is 17.5 Å². The molecule has 0 radical (unpaired) electrons. The number of nitrogens with zero attached hydrogens (tertiary/aromatic N) is 1. The minimum absolute atomic E-state index is 0.0307. The molecule has 2 saturated carbocycles. The summed E-state index contributed by atoms with van der Waals surface area (Å²) in [5, 5.41) is 41.3. The van der Waals surface area contributed by atoms with Gasteiger partial charge < -0.3 is 68.3 Å². The normalized spacial score (nSPS) is 25.2. The molecule has 0 spiro atoms. The summed E-state index contributed by atoms with van der Waals surface area (Å²) in [4.78, 5) is 125. The zero-order valence-electron chi connectivity index (χ0n) is 61.2. The largest absolute Gasteiger partial charge is 0.472 e. The van der Waals surface area contributed by atoms with Crippen LogP contribution in [0.5, 0.6) is 0 Å². The number of amides is 1. The van der Waals surface area contributed by atoms with Gasteiger partial charge in [0.25, 0.3) is 0 Å². The third-order valence-corrected chi connectivity index (χ3v) is 21.0. The van der Waals surface area contributed by atoms with E-state index in [1.165, 1.54) is 91.2 Å². The highest BCUT2D eigenvalue weighted by molar-refractivity contribution is 7.47. The van der Waals surface area contributed by atoms with Gasteiger partial charge in [-0.1, -0.05) is 166 Å². The van der Waals surface area contributed by atoms with E-state index in [1.807, 2.05) is 0 Å². The summed E-state index contributed by atoms with van der Waals surface area (Å²) < 4.78 is 70.6. The molecule has 25 nitrogen and oxygen atoms in total. The molecule has 3 fully saturated rings. The van der Waals surface area contributed by atoms with E-state index >= 15 is 9.59 Å². The lowest BCUT2D eigenvalue weighted by Gasteiger charge is -2.67. The fraction of sp³-hybridized carbons (Fsp3) is 0.707. The van der Waals surface area contributed by atoms with Crippen LogP contribution in [0.1, 0.15) is 232 Å². The van der Waals surface area contributed by atoms with E-state index in [0.29, 0.717) is 38.6 Å². The van der Waals surface area contributed by atoms with Gasteiger partial charge in [0.2, 0.25) is 6.10 Å². The van der Waals surface area contributed by atoms with E-state index in [4.69, 9.17) is 46.9 Å². The van der Waals surface area contributed by atoms with Gasteiger partial charge in [-0.25, -0.2) is 18.9 Å². The number of esters is 6. The van der Waals surface area contributed by atoms with Gasteiger partial charge in [-0.05, 0) is 96.8 Å². The Bertz CT molecular complexity index is 3140. The van der Waals surface area contributed by atoms with Crippen LogP contribution in [-0.4, -0.2) is 179 Å². The zero-order chi connectivity index (χ0) is 74.3. The maximum atomic E-state index is 15.4. The second-order valence-electron chi connectivity index (χ2n) is 29.5. The summed E-state index contributed by atoms with van der Waals surface area (Å²) in [7, 11) is -1.05. The van der Waals surface area contributed by atoms with Crippen LogP contribution in [0, 0.1) is 16.7 Å². The fourth-order valence-electron chi connectivity index (χ4n) is 14.4. The molecule has 566 valence electrons. The quantitative estimate of drug-likeness (QED) is 0.0136. The number of ether oxygens (including phenoxy) is 8. The number of alkyl carbamates (subject to hydrolysis) is 1. The number of hydrogen-bond acceptors (Lipinski definition) is 23. The molecule has 1 saturated heterocycles. The van der Waals surface area contributed by atoms with Crippen molar-refractivity contribution in [3.8, 4) is 0 Å². The Labute approximate surface area is 595 Å². The lowest BCUT2D eigenvalue weighted by molar-refractivity contribution is -0.346. The molecule has 13 atom stereocenters. The van der Waals surface area contributed by atoms with Gasteiger partial charge in [-0.3, -0.25) is 33.0 Å². The molecular formula is C75H113N2O23P. The summed E-state index contributed by atoms with van der Waals surface area (Å²) in [6.45, 7) is 13.0. The van der Waals surface area contributed by atoms with Crippen molar-refractivity contribution in [1.29, 1.82) is 0 Å². The number of ketones is 1. The van der Waals surface area contributed by atoms with Gasteiger partial charge in [0.05, 0.1) is 42.8 Å². The van der Waals surface area contributed by atoms with Crippen LogP contribution in [0.3, 0.4) is 0 Å². The van der Waals surface area contributed by atoms with Crippen LogP contribution in [0.2, 0.25) is 0 Å². The van der Waals surface area contributed by atoms with E-state index < -0.39 is 157 Å². The van der Waals surface area contributed by atoms with Crippen molar-refractivity contribution >= 4 is 55.5 Å². The Kier molecular flexibility index (Phi) is 32.0. The molecule has 2 aromatic carbocycles. The molecule has 4 aliphatic rings. The van der Waals surface area contributed by atoms with E-state index in [-0.39, 0.29) is 67.6 Å². The van der Waals surface area contributed by atoms with Crippen LogP contribution in [-0.2, 0) is 80.3 Å². The third kappa shape index (κ3) is 23.2. The molecule has 101 heavy (non-hydrogen) atoms. The first-order valence-electron chi connectivity index (χ1n) is 36.2. The Morgan fingerprint density at radius 2 is 1.27 bits per heavy atom. The highest BCUT2D eigenvalue weighted by atomic mass is 31.2. The first-order chi connectivity index (χ1) is 47.7. The number of likely N-dealkylation sites (N-methyl/N-ethyl adjacent to an activating group) is 1. The molecule has 1 heterocycles. The molecular weight excluding hydrogens is 1330 g/mol. The van der Waals surface area contributed by atoms with Crippen LogP contribution in [0.4, 0.5) is 4.79 Å². The summed E-state index contributed by atoms with van der Waals surface area (Å²) in [6, 6.07) is 14.3. The Morgan fingerprint density at radius 1 is 0.733 bits per heavy atom. The first-order valence-corrected chi connectivity index (χ1v) is 37.7. The van der Waals surface area contributed by atoms with Crippen molar-refractivity contribution in [2.45, 2.75) is 276 Å². The Morgan fingerprint density at radius 3 is 1.79 bits per heavy atom. The number of carbonyl (C=O) groups excluding carboxylic acids is 8. The Hall–Kier alpha value is -6.15. The number of unbranched alkanes of at least 4 members (excludes halogenated alkanes) is 16. The average Bonchev–Trinajstić information content (AvgIpc) is 0.671. The van der Waals surface area contributed by atoms with Crippen molar-refractivity contribution in [2.24, 2.45) is 16.7 Å². The van der Waals surface area contributed by atoms with Gasteiger partial charge in [0, 0.05) is 51.0 Å². The van der Waals surface area contributed by atoms with E-state index in [2.05, 4.69) is 12.2 Å². The second-order valence-corrected chi connectivity index (χ2v) is 30.9. The van der Waals surface area contributed by atoms with Crippen molar-refractivity contribution in [1.82, 2.24) is 10.2 Å². The Balaban J connectivity index is 1.15. The van der Waals surface area contributed by atoms with Crippen molar-refractivity contribution in [2.75, 3.05) is 47.1 Å². The maximum absolute atomic E-state index is 15.4. The topological polar surface area (TPSA) is 342 Å². The molecule has 2 aromatic rings. The van der Waals surface area contributed by atoms with Gasteiger partial charge >= 0.3 is 49.7 Å². The molecule has 3 aliphatic carbocycles. The molecule has 26 heteroatoms. The molecule has 1 amide bonds. The highest BCUT2D eigenvalue weighted by Gasteiger charge is 2.78. The third-order valence-electron chi connectivity index (χ3n) is 20.0. The molecule has 2 unspecified atom stereocenters. The number of hydrogen-bond donors (Lipinski definition) is 5. The van der Waals surface area contributed by atoms with Crippen molar-refractivity contribution < 1.29 is 110 Å². The highest BCUT2D eigenvalue weighted by Crippen LogP contribution is 2.64. The average molecular weight is 1440 g/mol. The van der Waals surface area contributed by atoms with Gasteiger partial charge in [0.1, 0.15) is 48.3 Å². The number of benzene rings is 2. The smallest absolute Gasteiger partial charge is 0.462 e. The molecule has 6 rings (SSSR count). The number of phosphoric ester groups is 1. The fourth-order valence-corrected chi connectivity index (χ4v) is 15.1. The number of rotatable bonds is 41. The number of phosphoric acid groups is 1. The van der Waals surface area contributed by atoms with Crippen LogP contribution >= 0.6 is 7.82 Å². The molecule has 0 aromatic heterocycles. The van der Waals surface area contributed by atoms with Gasteiger partial charge in [-0.15, -0.1) is 0 Å². The molecule has 5 N–H and O–H groups in total. The minimum Gasteiger partial charge on any atom is -0.462 e. The summed E-state index contributed by atoms with van der Waals surface area (Å²) >= 11 is 0. The number of nitrogens with one attached hydrogen (secondary N) is 1.